The molecule has 0 aromatic carbocycles. The maximum atomic E-state index is 6.34. The Morgan fingerprint density at radius 1 is 1.21 bits per heavy atom. The van der Waals surface area contributed by atoms with E-state index in [0.29, 0.717) is 12.0 Å². The fraction of sp³-hybridized carbons (Fsp3) is 0.688. The number of rotatable bonds is 5. The summed E-state index contributed by atoms with van der Waals surface area (Å²) in [6, 6.07) is 4.61. The SMILES string of the molecule is CCN(Cc1ccncc1)CC1CCCCCC1N. The molecule has 1 aliphatic carbocycles. The Labute approximate surface area is 117 Å². The van der Waals surface area contributed by atoms with Gasteiger partial charge in [-0.3, -0.25) is 9.88 Å². The molecule has 1 heterocycles. The summed E-state index contributed by atoms with van der Waals surface area (Å²) in [4.78, 5) is 6.60. The molecular formula is C16H27N3. The van der Waals surface area contributed by atoms with E-state index in [-0.39, 0.29) is 0 Å². The minimum atomic E-state index is 0.397. The lowest BCUT2D eigenvalue weighted by molar-refractivity contribution is 0.208. The molecule has 1 saturated carbocycles. The summed E-state index contributed by atoms with van der Waals surface area (Å²) in [7, 11) is 0. The van der Waals surface area contributed by atoms with Gasteiger partial charge in [0.2, 0.25) is 0 Å². The lowest BCUT2D eigenvalue weighted by Crippen LogP contribution is -2.38. The maximum Gasteiger partial charge on any atom is 0.0271 e. The zero-order valence-electron chi connectivity index (χ0n) is 12.1. The second-order valence-electron chi connectivity index (χ2n) is 5.75. The molecule has 0 spiro atoms. The third-order valence-corrected chi connectivity index (χ3v) is 4.31. The molecule has 2 rings (SSSR count). The van der Waals surface area contributed by atoms with Crippen molar-refractivity contribution in [1.82, 2.24) is 9.88 Å². The highest BCUT2D eigenvalue weighted by Gasteiger charge is 2.22. The van der Waals surface area contributed by atoms with Crippen LogP contribution in [0.15, 0.2) is 24.5 Å². The third-order valence-electron chi connectivity index (χ3n) is 4.31. The molecule has 0 saturated heterocycles. The lowest BCUT2D eigenvalue weighted by Gasteiger charge is -2.29. The second kappa shape index (κ2) is 7.61. The van der Waals surface area contributed by atoms with Gasteiger partial charge < -0.3 is 5.73 Å². The standard InChI is InChI=1S/C16H27N3/c1-2-19(12-14-8-10-18-11-9-14)13-15-6-4-3-5-7-16(15)17/h8-11,15-16H,2-7,12-13,17H2,1H3. The van der Waals surface area contributed by atoms with Gasteiger partial charge in [0.25, 0.3) is 0 Å². The topological polar surface area (TPSA) is 42.2 Å². The second-order valence-corrected chi connectivity index (χ2v) is 5.75. The number of nitrogens with zero attached hydrogens (tertiary/aromatic N) is 2. The van der Waals surface area contributed by atoms with Crippen LogP contribution < -0.4 is 5.73 Å². The Morgan fingerprint density at radius 3 is 2.68 bits per heavy atom. The zero-order valence-corrected chi connectivity index (χ0v) is 12.1. The Hall–Kier alpha value is -0.930. The molecule has 0 aliphatic heterocycles. The Kier molecular flexibility index (Phi) is 5.80. The van der Waals surface area contributed by atoms with E-state index < -0.39 is 0 Å². The molecule has 19 heavy (non-hydrogen) atoms. The molecule has 0 amide bonds. The van der Waals surface area contributed by atoms with Gasteiger partial charge >= 0.3 is 0 Å². The van der Waals surface area contributed by atoms with Crippen molar-refractivity contribution in [1.29, 1.82) is 0 Å². The van der Waals surface area contributed by atoms with Gasteiger partial charge in [-0.25, -0.2) is 0 Å². The molecule has 0 radical (unpaired) electrons. The molecule has 3 nitrogen and oxygen atoms in total. The molecule has 2 unspecified atom stereocenters. The van der Waals surface area contributed by atoms with Gasteiger partial charge in [0.15, 0.2) is 0 Å². The summed E-state index contributed by atoms with van der Waals surface area (Å²) in [6.45, 7) is 5.48. The van der Waals surface area contributed by atoms with Crippen LogP contribution in [-0.4, -0.2) is 29.0 Å². The van der Waals surface area contributed by atoms with Gasteiger partial charge in [0.05, 0.1) is 0 Å². The predicted molar refractivity (Wildman–Crippen MR) is 79.7 cm³/mol. The lowest BCUT2D eigenvalue weighted by atomic mass is 9.94. The average molecular weight is 261 g/mol. The van der Waals surface area contributed by atoms with Crippen molar-refractivity contribution in [2.45, 2.75) is 51.6 Å². The Morgan fingerprint density at radius 2 is 1.95 bits per heavy atom. The summed E-state index contributed by atoms with van der Waals surface area (Å²) in [6.07, 6.45) is 10.3. The molecule has 1 aromatic heterocycles. The maximum absolute atomic E-state index is 6.34. The molecule has 1 fully saturated rings. The fourth-order valence-corrected chi connectivity index (χ4v) is 3.02. The Balaban J connectivity index is 1.90. The van der Waals surface area contributed by atoms with Crippen LogP contribution in [0.25, 0.3) is 0 Å². The highest BCUT2D eigenvalue weighted by atomic mass is 15.1. The molecular weight excluding hydrogens is 234 g/mol. The number of nitrogens with two attached hydrogens (primary N) is 1. The molecule has 1 aromatic rings. The van der Waals surface area contributed by atoms with Crippen LogP contribution >= 0.6 is 0 Å². The fourth-order valence-electron chi connectivity index (χ4n) is 3.02. The van der Waals surface area contributed by atoms with E-state index in [1.807, 2.05) is 12.4 Å². The van der Waals surface area contributed by atoms with Crippen molar-refractivity contribution in [3.63, 3.8) is 0 Å². The van der Waals surface area contributed by atoms with E-state index in [0.717, 1.165) is 19.6 Å². The minimum Gasteiger partial charge on any atom is -0.327 e. The monoisotopic (exact) mass is 261 g/mol. The Bertz CT molecular complexity index is 352. The van der Waals surface area contributed by atoms with Crippen LogP contribution in [0.2, 0.25) is 0 Å². The van der Waals surface area contributed by atoms with Gasteiger partial charge in [-0.1, -0.05) is 26.2 Å². The van der Waals surface area contributed by atoms with Gasteiger partial charge in [0, 0.05) is 31.5 Å². The van der Waals surface area contributed by atoms with Gasteiger partial charge in [-0.05, 0) is 43.0 Å². The molecule has 3 heteroatoms. The van der Waals surface area contributed by atoms with E-state index >= 15 is 0 Å². The normalized spacial score (nSPS) is 24.4. The van der Waals surface area contributed by atoms with Gasteiger partial charge in [-0.15, -0.1) is 0 Å². The summed E-state index contributed by atoms with van der Waals surface area (Å²) >= 11 is 0. The highest BCUT2D eigenvalue weighted by molar-refractivity contribution is 5.09. The predicted octanol–water partition coefficient (Wildman–Crippen LogP) is 2.81. The van der Waals surface area contributed by atoms with Crippen molar-refractivity contribution in [2.24, 2.45) is 11.7 Å². The first-order chi connectivity index (χ1) is 9.29. The first-order valence-electron chi connectivity index (χ1n) is 7.66. The average Bonchev–Trinajstić information content (AvgIpc) is 2.64. The quantitative estimate of drug-likeness (QED) is 0.829. The number of pyridine rings is 1. The number of aromatic nitrogens is 1. The molecule has 2 atom stereocenters. The van der Waals surface area contributed by atoms with E-state index in [2.05, 4.69) is 28.9 Å². The van der Waals surface area contributed by atoms with E-state index in [4.69, 9.17) is 5.73 Å². The van der Waals surface area contributed by atoms with Crippen molar-refractivity contribution in [3.05, 3.63) is 30.1 Å². The largest absolute Gasteiger partial charge is 0.327 e. The van der Waals surface area contributed by atoms with Crippen LogP contribution in [0.1, 0.15) is 44.6 Å². The van der Waals surface area contributed by atoms with Crippen LogP contribution in [0, 0.1) is 5.92 Å². The minimum absolute atomic E-state index is 0.397. The first-order valence-corrected chi connectivity index (χ1v) is 7.66. The van der Waals surface area contributed by atoms with Crippen molar-refractivity contribution < 1.29 is 0 Å². The van der Waals surface area contributed by atoms with Crippen LogP contribution in [0.4, 0.5) is 0 Å². The van der Waals surface area contributed by atoms with E-state index in [9.17, 15) is 0 Å². The van der Waals surface area contributed by atoms with Crippen LogP contribution in [-0.2, 0) is 6.54 Å². The van der Waals surface area contributed by atoms with Crippen molar-refractivity contribution >= 4 is 0 Å². The molecule has 0 bridgehead atoms. The van der Waals surface area contributed by atoms with Crippen molar-refractivity contribution in [3.8, 4) is 0 Å². The summed E-state index contributed by atoms with van der Waals surface area (Å²) in [5.41, 5.74) is 7.69. The highest BCUT2D eigenvalue weighted by Crippen LogP contribution is 2.23. The molecule has 106 valence electrons. The van der Waals surface area contributed by atoms with Crippen LogP contribution in [0.3, 0.4) is 0 Å². The number of hydrogen-bond donors (Lipinski definition) is 1. The summed E-state index contributed by atoms with van der Waals surface area (Å²) in [5.74, 6) is 0.671. The molecule has 1 aliphatic rings. The third kappa shape index (κ3) is 4.59. The van der Waals surface area contributed by atoms with E-state index in [1.165, 1.54) is 37.7 Å². The summed E-state index contributed by atoms with van der Waals surface area (Å²) < 4.78 is 0. The smallest absolute Gasteiger partial charge is 0.0271 e. The first kappa shape index (κ1) is 14.5. The zero-order chi connectivity index (χ0) is 13.5. The molecule has 2 N–H and O–H groups in total. The van der Waals surface area contributed by atoms with E-state index in [1.54, 1.807) is 0 Å². The van der Waals surface area contributed by atoms with Crippen molar-refractivity contribution in [2.75, 3.05) is 13.1 Å². The number of hydrogen-bond acceptors (Lipinski definition) is 3. The van der Waals surface area contributed by atoms with Gasteiger partial charge in [-0.2, -0.15) is 0 Å². The summed E-state index contributed by atoms with van der Waals surface area (Å²) in [5, 5.41) is 0. The van der Waals surface area contributed by atoms with Crippen LogP contribution in [0.5, 0.6) is 0 Å². The van der Waals surface area contributed by atoms with Gasteiger partial charge in [0.1, 0.15) is 0 Å².